The average molecular weight is 407 g/mol. The van der Waals surface area contributed by atoms with Crippen LogP contribution in [0.25, 0.3) is 0 Å². The third kappa shape index (κ3) is 5.59. The zero-order valence-electron chi connectivity index (χ0n) is 15.1. The lowest BCUT2D eigenvalue weighted by atomic mass is 10.1. The Balaban J connectivity index is 1.43. The molecule has 28 heavy (non-hydrogen) atoms. The van der Waals surface area contributed by atoms with Gasteiger partial charge in [0.2, 0.25) is 0 Å². The molecule has 2 heterocycles. The predicted octanol–water partition coefficient (Wildman–Crippen LogP) is 3.88. The summed E-state index contributed by atoms with van der Waals surface area (Å²) >= 11 is 1.52. The number of carbonyl (C=O) groups excluding carboxylic acids is 1. The van der Waals surface area contributed by atoms with Gasteiger partial charge in [-0.2, -0.15) is 8.78 Å². The van der Waals surface area contributed by atoms with Crippen molar-refractivity contribution in [1.82, 2.24) is 14.9 Å². The zero-order valence-corrected chi connectivity index (χ0v) is 15.9. The largest absolute Gasteiger partial charge is 0.455 e. The molecule has 3 aromatic rings. The number of alkyl halides is 2. The molecule has 0 spiro atoms. The van der Waals surface area contributed by atoms with E-state index in [1.54, 1.807) is 30.5 Å². The Kier molecular flexibility index (Phi) is 6.70. The number of hydrogen-bond donors (Lipinski definition) is 1. The van der Waals surface area contributed by atoms with Crippen LogP contribution >= 0.6 is 11.8 Å². The molecule has 0 aliphatic heterocycles. The summed E-state index contributed by atoms with van der Waals surface area (Å²) in [4.78, 5) is 16.4. The van der Waals surface area contributed by atoms with E-state index in [4.69, 9.17) is 4.42 Å². The molecule has 1 N–H and O–H groups in total. The van der Waals surface area contributed by atoms with Crippen LogP contribution in [0.5, 0.6) is 5.75 Å². The van der Waals surface area contributed by atoms with Gasteiger partial charge in [-0.15, -0.1) is 0 Å². The summed E-state index contributed by atoms with van der Waals surface area (Å²) in [6.07, 6.45) is 4.15. The molecule has 0 unspecified atom stereocenters. The van der Waals surface area contributed by atoms with Gasteiger partial charge in [-0.25, -0.2) is 4.98 Å². The topological polar surface area (TPSA) is 69.3 Å². The molecule has 148 valence electrons. The van der Waals surface area contributed by atoms with Crippen LogP contribution in [0.3, 0.4) is 0 Å². The van der Waals surface area contributed by atoms with Gasteiger partial charge >= 0.3 is 6.61 Å². The molecule has 1 aromatic carbocycles. The third-order valence-electron chi connectivity index (χ3n) is 3.85. The number of nitrogens with one attached hydrogen (secondary N) is 1. The minimum atomic E-state index is -2.84. The molecule has 0 bridgehead atoms. The first kappa shape index (κ1) is 19.9. The highest BCUT2D eigenvalue weighted by molar-refractivity contribution is 7.98. The lowest BCUT2D eigenvalue weighted by Gasteiger charge is -2.06. The number of aromatic nitrogens is 2. The van der Waals surface area contributed by atoms with Crippen LogP contribution in [-0.4, -0.2) is 28.6 Å². The van der Waals surface area contributed by atoms with Crippen molar-refractivity contribution in [3.8, 4) is 5.75 Å². The Labute approximate surface area is 164 Å². The zero-order chi connectivity index (χ0) is 19.9. The van der Waals surface area contributed by atoms with Gasteiger partial charge in [0.25, 0.3) is 5.91 Å². The van der Waals surface area contributed by atoms with Gasteiger partial charge in [0.1, 0.15) is 11.5 Å². The van der Waals surface area contributed by atoms with Crippen molar-refractivity contribution in [3.63, 3.8) is 0 Å². The van der Waals surface area contributed by atoms with Gasteiger partial charge in [0, 0.05) is 26.0 Å². The maximum absolute atomic E-state index is 12.2. The molecule has 0 radical (unpaired) electrons. The fourth-order valence-corrected chi connectivity index (χ4v) is 3.28. The van der Waals surface area contributed by atoms with E-state index in [1.165, 1.54) is 23.9 Å². The monoisotopic (exact) mass is 407 g/mol. The smallest absolute Gasteiger partial charge is 0.387 e. The van der Waals surface area contributed by atoms with Crippen LogP contribution < -0.4 is 10.1 Å². The maximum Gasteiger partial charge on any atom is 0.387 e. The predicted molar refractivity (Wildman–Crippen MR) is 101 cm³/mol. The van der Waals surface area contributed by atoms with Crippen LogP contribution in [0.1, 0.15) is 21.9 Å². The summed E-state index contributed by atoms with van der Waals surface area (Å²) in [7, 11) is 1.91. The number of furan rings is 1. The van der Waals surface area contributed by atoms with Crippen molar-refractivity contribution in [2.45, 2.75) is 23.9 Å². The molecule has 3 rings (SSSR count). The number of benzene rings is 1. The van der Waals surface area contributed by atoms with E-state index in [0.29, 0.717) is 24.5 Å². The van der Waals surface area contributed by atoms with E-state index in [0.717, 1.165) is 10.7 Å². The Bertz CT molecular complexity index is 909. The normalized spacial score (nSPS) is 11.0. The fourth-order valence-electron chi connectivity index (χ4n) is 2.45. The van der Waals surface area contributed by atoms with Crippen LogP contribution in [0, 0.1) is 0 Å². The second-order valence-corrected chi connectivity index (χ2v) is 6.85. The minimum Gasteiger partial charge on any atom is -0.455 e. The highest BCUT2D eigenvalue weighted by Gasteiger charge is 2.12. The molecule has 6 nitrogen and oxygen atoms in total. The Morgan fingerprint density at radius 1 is 1.29 bits per heavy atom. The average Bonchev–Trinajstić information content (AvgIpc) is 3.30. The van der Waals surface area contributed by atoms with Gasteiger partial charge in [-0.1, -0.05) is 23.9 Å². The van der Waals surface area contributed by atoms with Crippen molar-refractivity contribution in [3.05, 3.63) is 65.9 Å². The first-order chi connectivity index (χ1) is 13.5. The Hall–Kier alpha value is -2.81. The number of imidazole rings is 1. The summed E-state index contributed by atoms with van der Waals surface area (Å²) < 4.78 is 36.0. The van der Waals surface area contributed by atoms with Crippen LogP contribution in [0.15, 0.2) is 58.4 Å². The molecular formula is C19H19F2N3O3S. The van der Waals surface area contributed by atoms with E-state index >= 15 is 0 Å². The number of carbonyl (C=O) groups is 1. The SMILES string of the molecule is Cn1ccnc1SCc1ccc(C(=O)NCCc2ccc(OC(F)F)cc2)o1. The molecule has 0 saturated carbocycles. The molecule has 0 aliphatic carbocycles. The second kappa shape index (κ2) is 9.41. The van der Waals surface area contributed by atoms with Gasteiger partial charge in [0.05, 0.1) is 5.75 Å². The lowest BCUT2D eigenvalue weighted by molar-refractivity contribution is -0.0498. The van der Waals surface area contributed by atoms with Crippen LogP contribution in [0.2, 0.25) is 0 Å². The molecule has 9 heteroatoms. The summed E-state index contributed by atoms with van der Waals surface area (Å²) in [5, 5.41) is 3.65. The van der Waals surface area contributed by atoms with Crippen molar-refractivity contribution < 1.29 is 22.7 Å². The van der Waals surface area contributed by atoms with Crippen molar-refractivity contribution in [1.29, 1.82) is 0 Å². The van der Waals surface area contributed by atoms with E-state index in [9.17, 15) is 13.6 Å². The lowest BCUT2D eigenvalue weighted by Crippen LogP contribution is -2.25. The fraction of sp³-hybridized carbons (Fsp3) is 0.263. The Morgan fingerprint density at radius 3 is 2.75 bits per heavy atom. The molecule has 0 aliphatic rings. The number of amides is 1. The first-order valence-electron chi connectivity index (χ1n) is 8.52. The third-order valence-corrected chi connectivity index (χ3v) is 4.93. The maximum atomic E-state index is 12.2. The van der Waals surface area contributed by atoms with Gasteiger partial charge < -0.3 is 19.0 Å². The quantitative estimate of drug-likeness (QED) is 0.545. The van der Waals surface area contributed by atoms with Crippen LogP contribution in [-0.2, 0) is 19.2 Å². The molecule has 0 fully saturated rings. The van der Waals surface area contributed by atoms with Crippen molar-refractivity contribution in [2.75, 3.05) is 6.54 Å². The van der Waals surface area contributed by atoms with E-state index in [1.807, 2.05) is 17.8 Å². The summed E-state index contributed by atoms with van der Waals surface area (Å²) in [6.45, 7) is -2.45. The number of halogens is 2. The summed E-state index contributed by atoms with van der Waals surface area (Å²) in [5.74, 6) is 1.31. The van der Waals surface area contributed by atoms with Crippen molar-refractivity contribution >= 4 is 17.7 Å². The van der Waals surface area contributed by atoms with E-state index in [-0.39, 0.29) is 17.4 Å². The molecule has 2 aromatic heterocycles. The number of rotatable bonds is 9. The number of ether oxygens (including phenoxy) is 1. The summed E-state index contributed by atoms with van der Waals surface area (Å²) in [5.41, 5.74) is 0.897. The highest BCUT2D eigenvalue weighted by Crippen LogP contribution is 2.22. The number of hydrogen-bond acceptors (Lipinski definition) is 5. The molecule has 0 saturated heterocycles. The van der Waals surface area contributed by atoms with Gasteiger partial charge in [-0.05, 0) is 36.2 Å². The number of thioether (sulfide) groups is 1. The van der Waals surface area contributed by atoms with Crippen molar-refractivity contribution in [2.24, 2.45) is 7.05 Å². The molecule has 1 amide bonds. The number of aryl methyl sites for hydroxylation is 1. The standard InChI is InChI=1S/C19H19F2N3O3S/c1-24-11-10-23-19(24)28-12-15-6-7-16(26-15)17(25)22-9-8-13-2-4-14(5-3-13)27-18(20)21/h2-7,10-11,18H,8-9,12H2,1H3,(H,22,25). The first-order valence-corrected chi connectivity index (χ1v) is 9.50. The summed E-state index contributed by atoms with van der Waals surface area (Å²) in [6, 6.07) is 9.73. The highest BCUT2D eigenvalue weighted by atomic mass is 32.2. The molecule has 0 atom stereocenters. The van der Waals surface area contributed by atoms with E-state index in [2.05, 4.69) is 15.0 Å². The Morgan fingerprint density at radius 2 is 2.07 bits per heavy atom. The minimum absolute atomic E-state index is 0.106. The number of nitrogens with zero attached hydrogens (tertiary/aromatic N) is 2. The van der Waals surface area contributed by atoms with Gasteiger partial charge in [0.15, 0.2) is 10.9 Å². The van der Waals surface area contributed by atoms with E-state index < -0.39 is 6.61 Å². The van der Waals surface area contributed by atoms with Crippen LogP contribution in [0.4, 0.5) is 8.78 Å². The second-order valence-electron chi connectivity index (χ2n) is 5.90. The van der Waals surface area contributed by atoms with Gasteiger partial charge in [-0.3, -0.25) is 4.79 Å². The molecular weight excluding hydrogens is 388 g/mol.